The average Bonchev–Trinajstić information content (AvgIpc) is 3.39. The van der Waals surface area contributed by atoms with Gasteiger partial charge in [-0.05, 0) is 30.5 Å². The van der Waals surface area contributed by atoms with E-state index in [9.17, 15) is 18.7 Å². The third-order valence-electron chi connectivity index (χ3n) is 6.15. The van der Waals surface area contributed by atoms with Crippen LogP contribution in [0.5, 0.6) is 0 Å². The summed E-state index contributed by atoms with van der Waals surface area (Å²) in [7, 11) is 1.34. The van der Waals surface area contributed by atoms with Crippen LogP contribution >= 0.6 is 0 Å². The highest BCUT2D eigenvalue weighted by Crippen LogP contribution is 2.31. The fraction of sp³-hybridized carbons (Fsp3) is 0.391. The Morgan fingerprint density at radius 3 is 2.72 bits per heavy atom. The van der Waals surface area contributed by atoms with Crippen molar-refractivity contribution in [3.05, 3.63) is 65.1 Å². The molecule has 1 saturated carbocycles. The highest BCUT2D eigenvalue weighted by atomic mass is 19.1. The van der Waals surface area contributed by atoms with Crippen molar-refractivity contribution >= 4 is 16.8 Å². The molecule has 0 aliphatic heterocycles. The molecule has 0 unspecified atom stereocenters. The highest BCUT2D eigenvalue weighted by Gasteiger charge is 2.32. The first-order valence-corrected chi connectivity index (χ1v) is 10.6. The largest absolute Gasteiger partial charge is 0.394 e. The molecular formula is C23H26F2N4O3. The number of aromatic nitrogens is 2. The summed E-state index contributed by atoms with van der Waals surface area (Å²) in [6, 6.07) is 5.17. The molecule has 1 amide bonds. The lowest BCUT2D eigenvalue weighted by Gasteiger charge is -2.28. The number of nitrogens with zero attached hydrogens (tertiary/aromatic N) is 2. The Labute approximate surface area is 184 Å². The van der Waals surface area contributed by atoms with Gasteiger partial charge >= 0.3 is 0 Å². The van der Waals surface area contributed by atoms with Gasteiger partial charge in [-0.3, -0.25) is 9.63 Å². The maximum atomic E-state index is 14.3. The number of aliphatic hydroxyl groups excluding tert-OH is 1. The van der Waals surface area contributed by atoms with Crippen molar-refractivity contribution in [1.82, 2.24) is 20.3 Å². The van der Waals surface area contributed by atoms with Gasteiger partial charge in [0.2, 0.25) is 0 Å². The van der Waals surface area contributed by atoms with E-state index < -0.39 is 17.5 Å². The Kier molecular flexibility index (Phi) is 6.50. The molecule has 1 fully saturated rings. The fourth-order valence-corrected chi connectivity index (χ4v) is 4.36. The van der Waals surface area contributed by atoms with Crippen molar-refractivity contribution in [3.8, 4) is 0 Å². The van der Waals surface area contributed by atoms with Crippen LogP contribution in [-0.2, 0) is 17.9 Å². The average molecular weight is 444 g/mol. The zero-order chi connectivity index (χ0) is 22.7. The monoisotopic (exact) mass is 444 g/mol. The summed E-state index contributed by atoms with van der Waals surface area (Å²) in [5.74, 6) is -1.73. The van der Waals surface area contributed by atoms with Gasteiger partial charge in [0.1, 0.15) is 17.3 Å². The van der Waals surface area contributed by atoms with E-state index >= 15 is 0 Å². The molecule has 4 rings (SSSR count). The van der Waals surface area contributed by atoms with Gasteiger partial charge < -0.3 is 15.0 Å². The molecule has 32 heavy (non-hydrogen) atoms. The number of carbonyl (C=O) groups is 1. The molecule has 0 spiro atoms. The topological polar surface area (TPSA) is 88.4 Å². The second-order valence-electron chi connectivity index (χ2n) is 8.24. The Bertz CT molecular complexity index is 1130. The molecule has 0 saturated heterocycles. The molecule has 0 radical (unpaired) electrons. The third-order valence-corrected chi connectivity index (χ3v) is 6.15. The fourth-order valence-electron chi connectivity index (χ4n) is 4.36. The second kappa shape index (κ2) is 9.32. The lowest BCUT2D eigenvalue weighted by molar-refractivity contribution is 0.0532. The van der Waals surface area contributed by atoms with Gasteiger partial charge in [0, 0.05) is 35.3 Å². The van der Waals surface area contributed by atoms with Crippen molar-refractivity contribution in [2.75, 3.05) is 13.7 Å². The number of hydrogen-bond donors (Lipinski definition) is 3. The molecule has 1 aromatic carbocycles. The zero-order valence-corrected chi connectivity index (χ0v) is 17.8. The second-order valence-corrected chi connectivity index (χ2v) is 8.24. The minimum Gasteiger partial charge on any atom is -0.394 e. The number of carbonyl (C=O) groups excluding carboxylic acids is 1. The van der Waals surface area contributed by atoms with E-state index in [2.05, 4.69) is 15.8 Å². The maximum absolute atomic E-state index is 14.3. The molecule has 2 aromatic heterocycles. The summed E-state index contributed by atoms with van der Waals surface area (Å²) < 4.78 is 29.4. The number of rotatable bonds is 8. The first kappa shape index (κ1) is 22.3. The normalized spacial score (nSPS) is 15.4. The standard InChI is InChI=1S/C23H26F2N4O3/c1-32-28-22(31)20-9-18-16(10-27-23(14-30)6-2-3-7-23)13-29(21(18)11-26-20)12-15-4-5-17(24)8-19(15)25/h4-5,8-9,11,13,27,30H,2-3,6-7,10,12,14H2,1H3,(H,28,31). The minimum absolute atomic E-state index is 0.0511. The number of hydroxylamine groups is 1. The molecule has 170 valence electrons. The first-order chi connectivity index (χ1) is 15.4. The zero-order valence-electron chi connectivity index (χ0n) is 17.8. The van der Waals surface area contributed by atoms with Crippen LogP contribution in [0.3, 0.4) is 0 Å². The summed E-state index contributed by atoms with van der Waals surface area (Å²) in [6.07, 6.45) is 7.34. The molecule has 3 N–H and O–H groups in total. The van der Waals surface area contributed by atoms with E-state index in [0.717, 1.165) is 42.7 Å². The quantitative estimate of drug-likeness (QED) is 0.465. The van der Waals surface area contributed by atoms with Crippen LogP contribution in [0.15, 0.2) is 36.7 Å². The van der Waals surface area contributed by atoms with Gasteiger partial charge in [0.05, 0.1) is 32.0 Å². The summed E-state index contributed by atoms with van der Waals surface area (Å²) in [6.45, 7) is 0.694. The van der Waals surface area contributed by atoms with Crippen molar-refractivity contribution in [3.63, 3.8) is 0 Å². The molecule has 1 aliphatic rings. The van der Waals surface area contributed by atoms with E-state index in [-0.39, 0.29) is 24.4 Å². The lowest BCUT2D eigenvalue weighted by Crippen LogP contribution is -2.45. The SMILES string of the molecule is CONC(=O)c1cc2c(CNC3(CO)CCCC3)cn(Cc3ccc(F)cc3F)c2cn1. The van der Waals surface area contributed by atoms with E-state index in [4.69, 9.17) is 4.84 Å². The smallest absolute Gasteiger partial charge is 0.293 e. The molecule has 1 aliphatic carbocycles. The van der Waals surface area contributed by atoms with Crippen LogP contribution in [0.1, 0.15) is 47.3 Å². The van der Waals surface area contributed by atoms with Crippen LogP contribution < -0.4 is 10.8 Å². The van der Waals surface area contributed by atoms with Gasteiger partial charge in [-0.1, -0.05) is 18.9 Å². The maximum Gasteiger partial charge on any atom is 0.293 e. The number of amides is 1. The molecule has 7 nitrogen and oxygen atoms in total. The molecule has 3 aromatic rings. The summed E-state index contributed by atoms with van der Waals surface area (Å²) in [5.41, 5.74) is 4.06. The van der Waals surface area contributed by atoms with Gasteiger partial charge in [-0.2, -0.15) is 0 Å². The van der Waals surface area contributed by atoms with E-state index in [0.29, 0.717) is 17.6 Å². The van der Waals surface area contributed by atoms with Crippen LogP contribution in [0.4, 0.5) is 8.78 Å². The number of hydrogen-bond acceptors (Lipinski definition) is 5. The number of fused-ring (bicyclic) bond motifs is 1. The highest BCUT2D eigenvalue weighted by molar-refractivity contribution is 5.96. The Hall–Kier alpha value is -2.88. The van der Waals surface area contributed by atoms with Crippen molar-refractivity contribution in [2.24, 2.45) is 0 Å². The molecule has 9 heteroatoms. The van der Waals surface area contributed by atoms with Crippen LogP contribution in [0, 0.1) is 11.6 Å². The van der Waals surface area contributed by atoms with Crippen LogP contribution in [-0.4, -0.2) is 39.8 Å². The Morgan fingerprint density at radius 2 is 2.03 bits per heavy atom. The predicted molar refractivity (Wildman–Crippen MR) is 115 cm³/mol. The van der Waals surface area contributed by atoms with Crippen molar-refractivity contribution in [2.45, 2.75) is 44.3 Å². The van der Waals surface area contributed by atoms with Crippen molar-refractivity contribution < 1.29 is 23.5 Å². The molecular weight excluding hydrogens is 418 g/mol. The lowest BCUT2D eigenvalue weighted by atomic mass is 9.98. The number of nitrogens with one attached hydrogen (secondary N) is 2. The Balaban J connectivity index is 1.70. The van der Waals surface area contributed by atoms with Crippen LogP contribution in [0.2, 0.25) is 0 Å². The molecule has 0 atom stereocenters. The first-order valence-electron chi connectivity index (χ1n) is 10.6. The van der Waals surface area contributed by atoms with Gasteiger partial charge in [0.15, 0.2) is 0 Å². The van der Waals surface area contributed by atoms with E-state index in [1.165, 1.54) is 19.2 Å². The number of halogens is 2. The molecule has 2 heterocycles. The summed E-state index contributed by atoms with van der Waals surface area (Å²) in [4.78, 5) is 21.1. The van der Waals surface area contributed by atoms with E-state index in [1.807, 2.05) is 10.8 Å². The van der Waals surface area contributed by atoms with Gasteiger partial charge in [-0.15, -0.1) is 0 Å². The van der Waals surface area contributed by atoms with E-state index in [1.54, 1.807) is 12.3 Å². The number of benzene rings is 1. The summed E-state index contributed by atoms with van der Waals surface area (Å²) in [5, 5.41) is 14.2. The summed E-state index contributed by atoms with van der Waals surface area (Å²) >= 11 is 0. The Morgan fingerprint density at radius 1 is 1.25 bits per heavy atom. The van der Waals surface area contributed by atoms with Crippen LogP contribution in [0.25, 0.3) is 10.9 Å². The molecule has 0 bridgehead atoms. The third kappa shape index (κ3) is 4.50. The minimum atomic E-state index is -0.630. The number of aliphatic hydroxyl groups is 1. The number of pyridine rings is 1. The van der Waals surface area contributed by atoms with Gasteiger partial charge in [-0.25, -0.2) is 19.2 Å². The van der Waals surface area contributed by atoms with Crippen molar-refractivity contribution in [1.29, 1.82) is 0 Å². The predicted octanol–water partition coefficient (Wildman–Crippen LogP) is 3.05. The van der Waals surface area contributed by atoms with Gasteiger partial charge in [0.25, 0.3) is 5.91 Å².